The van der Waals surface area contributed by atoms with Gasteiger partial charge in [-0.3, -0.25) is 4.79 Å². The number of methoxy groups -OCH3 is 1. The van der Waals surface area contributed by atoms with Gasteiger partial charge in [0.05, 0.1) is 7.11 Å². The molecule has 0 atom stereocenters. The Labute approximate surface area is 128 Å². The van der Waals surface area contributed by atoms with E-state index in [1.165, 1.54) is 25.3 Å². The molecule has 22 heavy (non-hydrogen) atoms. The highest BCUT2D eigenvalue weighted by molar-refractivity contribution is 5.88. The number of benzene rings is 1. The summed E-state index contributed by atoms with van der Waals surface area (Å²) in [5.74, 6) is -1.42. The van der Waals surface area contributed by atoms with Crippen LogP contribution >= 0.6 is 0 Å². The van der Waals surface area contributed by atoms with Crippen molar-refractivity contribution in [1.82, 2.24) is 5.32 Å². The quantitative estimate of drug-likeness (QED) is 0.847. The molecule has 1 aromatic rings. The number of halogens is 1. The number of nitrogens with one attached hydrogen (secondary N) is 1. The lowest BCUT2D eigenvalue weighted by atomic mass is 9.81. The van der Waals surface area contributed by atoms with E-state index in [0.717, 1.165) is 19.3 Å². The summed E-state index contributed by atoms with van der Waals surface area (Å²) in [6.45, 7) is -0.348. The van der Waals surface area contributed by atoms with Crippen LogP contribution in [0.3, 0.4) is 0 Å². The van der Waals surface area contributed by atoms with E-state index in [0.29, 0.717) is 12.8 Å². The van der Waals surface area contributed by atoms with Crippen LogP contribution in [0.2, 0.25) is 0 Å². The van der Waals surface area contributed by atoms with Gasteiger partial charge in [0, 0.05) is 0 Å². The predicted octanol–water partition coefficient (Wildman–Crippen LogP) is 2.20. The van der Waals surface area contributed by atoms with Gasteiger partial charge in [0.2, 0.25) is 0 Å². The fraction of sp³-hybridized carbons (Fsp3) is 0.500. The number of carbonyl (C=O) groups is 2. The first-order valence-electron chi connectivity index (χ1n) is 7.34. The molecule has 6 heteroatoms. The molecule has 1 saturated carbocycles. The van der Waals surface area contributed by atoms with Gasteiger partial charge >= 0.3 is 5.97 Å². The third kappa shape index (κ3) is 3.75. The third-order valence-corrected chi connectivity index (χ3v) is 3.86. The van der Waals surface area contributed by atoms with Crippen LogP contribution < -0.4 is 10.1 Å². The van der Waals surface area contributed by atoms with Crippen LogP contribution in [0.15, 0.2) is 24.3 Å². The maximum absolute atomic E-state index is 13.4. The van der Waals surface area contributed by atoms with E-state index in [4.69, 9.17) is 9.47 Å². The minimum Gasteiger partial charge on any atom is -0.481 e. The smallest absolute Gasteiger partial charge is 0.331 e. The van der Waals surface area contributed by atoms with Crippen molar-refractivity contribution in [3.8, 4) is 5.75 Å². The first-order valence-corrected chi connectivity index (χ1v) is 7.34. The monoisotopic (exact) mass is 309 g/mol. The summed E-state index contributed by atoms with van der Waals surface area (Å²) in [6.07, 6.45) is 3.82. The molecular formula is C16H20FNO4. The second-order valence-electron chi connectivity index (χ2n) is 5.40. The zero-order valence-electron chi connectivity index (χ0n) is 12.6. The Morgan fingerprint density at radius 1 is 1.23 bits per heavy atom. The summed E-state index contributed by atoms with van der Waals surface area (Å²) >= 11 is 0. The molecule has 1 aliphatic carbocycles. The molecule has 0 aromatic heterocycles. The van der Waals surface area contributed by atoms with Crippen LogP contribution in [-0.4, -0.2) is 31.1 Å². The molecule has 0 aliphatic heterocycles. The van der Waals surface area contributed by atoms with Gasteiger partial charge in [-0.05, 0) is 25.0 Å². The van der Waals surface area contributed by atoms with Crippen molar-refractivity contribution >= 4 is 11.9 Å². The van der Waals surface area contributed by atoms with Crippen molar-refractivity contribution in [3.63, 3.8) is 0 Å². The van der Waals surface area contributed by atoms with E-state index in [1.807, 2.05) is 0 Å². The Balaban J connectivity index is 1.97. The number of hydrogen-bond donors (Lipinski definition) is 1. The van der Waals surface area contributed by atoms with E-state index in [2.05, 4.69) is 5.32 Å². The van der Waals surface area contributed by atoms with Gasteiger partial charge in [-0.1, -0.05) is 31.4 Å². The van der Waals surface area contributed by atoms with Gasteiger partial charge in [-0.2, -0.15) is 0 Å². The molecule has 1 amide bonds. The molecule has 120 valence electrons. The highest BCUT2D eigenvalue weighted by atomic mass is 19.1. The van der Waals surface area contributed by atoms with E-state index in [1.54, 1.807) is 6.07 Å². The minimum absolute atomic E-state index is 0.00779. The van der Waals surface area contributed by atoms with Gasteiger partial charge in [0.1, 0.15) is 5.54 Å². The first-order chi connectivity index (χ1) is 10.6. The van der Waals surface area contributed by atoms with E-state index >= 15 is 0 Å². The molecule has 1 aromatic carbocycles. The second-order valence-corrected chi connectivity index (χ2v) is 5.40. The SMILES string of the molecule is COC(=O)C1(NC(=O)COc2ccccc2F)CCCCC1. The fourth-order valence-corrected chi connectivity index (χ4v) is 2.74. The summed E-state index contributed by atoms with van der Waals surface area (Å²) in [5, 5.41) is 2.71. The molecule has 1 N–H and O–H groups in total. The van der Waals surface area contributed by atoms with Gasteiger partial charge in [-0.15, -0.1) is 0 Å². The molecule has 1 fully saturated rings. The van der Waals surface area contributed by atoms with Crippen molar-refractivity contribution in [2.24, 2.45) is 0 Å². The molecule has 0 spiro atoms. The minimum atomic E-state index is -0.983. The number of amides is 1. The summed E-state index contributed by atoms with van der Waals surface area (Å²) in [5.41, 5.74) is -0.983. The zero-order valence-corrected chi connectivity index (χ0v) is 12.6. The van der Waals surface area contributed by atoms with E-state index < -0.39 is 23.2 Å². The Morgan fingerprint density at radius 2 is 1.91 bits per heavy atom. The van der Waals surface area contributed by atoms with Crippen LogP contribution in [0.4, 0.5) is 4.39 Å². The molecule has 1 aliphatic rings. The van der Waals surface area contributed by atoms with Crippen LogP contribution in [0, 0.1) is 5.82 Å². The summed E-state index contributed by atoms with van der Waals surface area (Å²) < 4.78 is 23.4. The van der Waals surface area contributed by atoms with Gasteiger partial charge in [-0.25, -0.2) is 9.18 Å². The van der Waals surface area contributed by atoms with Gasteiger partial charge in [0.25, 0.3) is 5.91 Å². The Hall–Kier alpha value is -2.11. The van der Waals surface area contributed by atoms with Gasteiger partial charge < -0.3 is 14.8 Å². The number of carbonyl (C=O) groups excluding carboxylic acids is 2. The maximum atomic E-state index is 13.4. The summed E-state index contributed by atoms with van der Waals surface area (Å²) in [6, 6.07) is 5.85. The lowest BCUT2D eigenvalue weighted by molar-refractivity contribution is -0.152. The van der Waals surface area contributed by atoms with E-state index in [-0.39, 0.29) is 12.4 Å². The third-order valence-electron chi connectivity index (χ3n) is 3.86. The molecule has 2 rings (SSSR count). The highest BCUT2D eigenvalue weighted by Crippen LogP contribution is 2.29. The Kier molecular flexibility index (Phi) is 5.35. The molecule has 0 heterocycles. The summed E-state index contributed by atoms with van der Waals surface area (Å²) in [4.78, 5) is 24.1. The number of para-hydroxylation sites is 1. The van der Waals surface area contributed by atoms with Crippen molar-refractivity contribution in [2.75, 3.05) is 13.7 Å². The number of ether oxygens (including phenoxy) is 2. The van der Waals surface area contributed by atoms with Crippen molar-refractivity contribution < 1.29 is 23.5 Å². The lowest BCUT2D eigenvalue weighted by Gasteiger charge is -2.35. The van der Waals surface area contributed by atoms with Crippen molar-refractivity contribution in [1.29, 1.82) is 0 Å². The first kappa shape index (κ1) is 16.3. The Morgan fingerprint density at radius 3 is 2.55 bits per heavy atom. The van der Waals surface area contributed by atoms with Crippen LogP contribution in [-0.2, 0) is 14.3 Å². The van der Waals surface area contributed by atoms with E-state index in [9.17, 15) is 14.0 Å². The number of hydrogen-bond acceptors (Lipinski definition) is 4. The Bertz CT molecular complexity index is 541. The predicted molar refractivity (Wildman–Crippen MR) is 77.9 cm³/mol. The van der Waals surface area contributed by atoms with Crippen LogP contribution in [0.1, 0.15) is 32.1 Å². The summed E-state index contributed by atoms with van der Waals surface area (Å²) in [7, 11) is 1.31. The fourth-order valence-electron chi connectivity index (χ4n) is 2.74. The normalized spacial score (nSPS) is 16.6. The molecule has 5 nitrogen and oxygen atoms in total. The number of rotatable bonds is 5. The molecular weight excluding hydrogens is 289 g/mol. The largest absolute Gasteiger partial charge is 0.481 e. The average molecular weight is 309 g/mol. The highest BCUT2D eigenvalue weighted by Gasteiger charge is 2.41. The van der Waals surface area contributed by atoms with Crippen molar-refractivity contribution in [2.45, 2.75) is 37.6 Å². The van der Waals surface area contributed by atoms with Crippen LogP contribution in [0.25, 0.3) is 0 Å². The lowest BCUT2D eigenvalue weighted by Crippen LogP contribution is -2.57. The van der Waals surface area contributed by atoms with Gasteiger partial charge in [0.15, 0.2) is 18.2 Å². The zero-order chi connectivity index (χ0) is 16.0. The maximum Gasteiger partial charge on any atom is 0.331 e. The van der Waals surface area contributed by atoms with Crippen molar-refractivity contribution in [3.05, 3.63) is 30.1 Å². The second kappa shape index (κ2) is 7.24. The molecule has 0 bridgehead atoms. The van der Waals surface area contributed by atoms with Crippen LogP contribution in [0.5, 0.6) is 5.75 Å². The molecule has 0 unspecified atom stereocenters. The molecule has 0 radical (unpaired) electrons. The topological polar surface area (TPSA) is 64.6 Å². The average Bonchev–Trinajstić information content (AvgIpc) is 2.54. The molecule has 0 saturated heterocycles. The number of esters is 1. The standard InChI is InChI=1S/C16H20FNO4/c1-21-15(20)16(9-5-2-6-10-16)18-14(19)11-22-13-8-4-3-7-12(13)17/h3-4,7-8H,2,5-6,9-11H2,1H3,(H,18,19).